The first kappa shape index (κ1) is 19.8. The Kier molecular flexibility index (Phi) is 7.36. The number of carbonyl (C=O) groups is 1. The van der Waals surface area contributed by atoms with Crippen molar-refractivity contribution < 1.29 is 9.53 Å². The zero-order chi connectivity index (χ0) is 16.2. The van der Waals surface area contributed by atoms with Gasteiger partial charge in [0.1, 0.15) is 5.75 Å². The zero-order valence-corrected chi connectivity index (χ0v) is 15.1. The quantitative estimate of drug-likeness (QED) is 0.860. The molecule has 130 valence electrons. The van der Waals surface area contributed by atoms with Crippen LogP contribution in [0.5, 0.6) is 5.75 Å². The van der Waals surface area contributed by atoms with Gasteiger partial charge in [-0.3, -0.25) is 4.79 Å². The number of halogens is 1. The molecule has 3 atom stereocenters. The minimum Gasteiger partial charge on any atom is -0.494 e. The molecule has 1 aromatic carbocycles. The van der Waals surface area contributed by atoms with E-state index in [4.69, 9.17) is 10.5 Å². The van der Waals surface area contributed by atoms with Gasteiger partial charge in [0.05, 0.1) is 18.6 Å². The van der Waals surface area contributed by atoms with Crippen molar-refractivity contribution in [2.45, 2.75) is 58.0 Å². The van der Waals surface area contributed by atoms with Crippen LogP contribution in [0.4, 0.5) is 0 Å². The van der Waals surface area contributed by atoms with Crippen molar-refractivity contribution in [2.75, 3.05) is 6.61 Å². The lowest BCUT2D eigenvalue weighted by Crippen LogP contribution is -2.53. The van der Waals surface area contributed by atoms with E-state index in [1.807, 2.05) is 45.0 Å². The Morgan fingerprint density at radius 3 is 2.78 bits per heavy atom. The summed E-state index contributed by atoms with van der Waals surface area (Å²) < 4.78 is 5.65. The summed E-state index contributed by atoms with van der Waals surface area (Å²) in [5.74, 6) is 0.781. The third-order valence-electron chi connectivity index (χ3n) is 4.61. The Hall–Kier alpha value is -1.26. The summed E-state index contributed by atoms with van der Waals surface area (Å²) in [5.41, 5.74) is 6.93. The van der Waals surface area contributed by atoms with Gasteiger partial charge in [0.25, 0.3) is 0 Å². The predicted octanol–water partition coefficient (Wildman–Crippen LogP) is 3.59. The van der Waals surface area contributed by atoms with Gasteiger partial charge in [-0.1, -0.05) is 31.0 Å². The first-order chi connectivity index (χ1) is 10.5. The van der Waals surface area contributed by atoms with Gasteiger partial charge in [-0.15, -0.1) is 12.4 Å². The van der Waals surface area contributed by atoms with E-state index in [1.165, 1.54) is 0 Å². The van der Waals surface area contributed by atoms with E-state index in [1.54, 1.807) is 0 Å². The number of carbonyl (C=O) groups excluding carboxylic acids is 1. The fraction of sp³-hybridized carbons (Fsp3) is 0.611. The second-order valence-electron chi connectivity index (χ2n) is 6.51. The molecule has 0 heterocycles. The molecule has 0 spiro atoms. The smallest absolute Gasteiger partial charge is 0.225 e. The molecule has 3 unspecified atom stereocenters. The van der Waals surface area contributed by atoms with E-state index in [0.29, 0.717) is 6.61 Å². The minimum atomic E-state index is -0.401. The average Bonchev–Trinajstić information content (AvgIpc) is 2.47. The minimum absolute atomic E-state index is 0. The molecule has 4 nitrogen and oxygen atoms in total. The van der Waals surface area contributed by atoms with Crippen LogP contribution >= 0.6 is 12.4 Å². The Bertz CT molecular complexity index is 519. The van der Waals surface area contributed by atoms with E-state index < -0.39 is 5.54 Å². The molecule has 1 fully saturated rings. The van der Waals surface area contributed by atoms with Crippen LogP contribution in [0.15, 0.2) is 24.3 Å². The Balaban J connectivity index is 0.00000264. The lowest BCUT2D eigenvalue weighted by atomic mass is 9.74. The number of para-hydroxylation sites is 1. The molecule has 0 aliphatic heterocycles. The van der Waals surface area contributed by atoms with Crippen molar-refractivity contribution in [1.29, 1.82) is 0 Å². The fourth-order valence-electron chi connectivity index (χ4n) is 3.31. The number of nitrogens with one attached hydrogen (secondary N) is 1. The SMILES string of the molecule is CCOc1ccccc1C(C)NC(=O)C1CCCCC1(C)N.Cl. The lowest BCUT2D eigenvalue weighted by molar-refractivity contribution is -0.128. The summed E-state index contributed by atoms with van der Waals surface area (Å²) in [7, 11) is 0. The summed E-state index contributed by atoms with van der Waals surface area (Å²) in [6, 6.07) is 7.76. The number of amides is 1. The van der Waals surface area contributed by atoms with Gasteiger partial charge in [-0.25, -0.2) is 0 Å². The van der Waals surface area contributed by atoms with E-state index in [2.05, 4.69) is 5.32 Å². The number of rotatable bonds is 5. The van der Waals surface area contributed by atoms with Gasteiger partial charge in [0.2, 0.25) is 5.91 Å². The Morgan fingerprint density at radius 2 is 2.13 bits per heavy atom. The maximum atomic E-state index is 12.6. The normalized spacial score (nSPS) is 25.1. The molecule has 3 N–H and O–H groups in total. The second kappa shape index (κ2) is 8.55. The van der Waals surface area contributed by atoms with Crippen molar-refractivity contribution in [2.24, 2.45) is 11.7 Å². The van der Waals surface area contributed by atoms with Crippen molar-refractivity contribution in [1.82, 2.24) is 5.32 Å². The molecule has 2 rings (SSSR count). The number of hydrogen-bond acceptors (Lipinski definition) is 3. The van der Waals surface area contributed by atoms with Crippen LogP contribution in [0, 0.1) is 5.92 Å². The van der Waals surface area contributed by atoms with Crippen LogP contribution in [0.3, 0.4) is 0 Å². The van der Waals surface area contributed by atoms with E-state index in [9.17, 15) is 4.79 Å². The van der Waals surface area contributed by atoms with Crippen molar-refractivity contribution in [3.63, 3.8) is 0 Å². The van der Waals surface area contributed by atoms with Gasteiger partial charge in [-0.2, -0.15) is 0 Å². The van der Waals surface area contributed by atoms with Gasteiger partial charge < -0.3 is 15.8 Å². The van der Waals surface area contributed by atoms with Gasteiger partial charge >= 0.3 is 0 Å². The maximum absolute atomic E-state index is 12.6. The molecule has 0 radical (unpaired) electrons. The summed E-state index contributed by atoms with van der Waals surface area (Å²) >= 11 is 0. The molecule has 0 aromatic heterocycles. The van der Waals surface area contributed by atoms with Crippen LogP contribution in [0.25, 0.3) is 0 Å². The van der Waals surface area contributed by atoms with Crippen molar-refractivity contribution in [3.8, 4) is 5.75 Å². The highest BCUT2D eigenvalue weighted by molar-refractivity contribution is 5.85. The third-order valence-corrected chi connectivity index (χ3v) is 4.61. The third kappa shape index (κ3) is 4.85. The Morgan fingerprint density at radius 1 is 1.43 bits per heavy atom. The zero-order valence-electron chi connectivity index (χ0n) is 14.3. The van der Waals surface area contributed by atoms with Crippen LogP contribution in [-0.4, -0.2) is 18.1 Å². The average molecular weight is 341 g/mol. The van der Waals surface area contributed by atoms with Crippen LogP contribution in [-0.2, 0) is 4.79 Å². The van der Waals surface area contributed by atoms with E-state index in [0.717, 1.165) is 37.0 Å². The summed E-state index contributed by atoms with van der Waals surface area (Å²) in [5, 5.41) is 3.12. The van der Waals surface area contributed by atoms with E-state index in [-0.39, 0.29) is 30.3 Å². The number of ether oxygens (including phenoxy) is 1. The first-order valence-electron chi connectivity index (χ1n) is 8.26. The molecule has 1 aliphatic carbocycles. The molecule has 1 aliphatic rings. The standard InChI is InChI=1S/C18H28N2O2.ClH/c1-4-22-16-11-6-5-9-14(16)13(2)20-17(21)15-10-7-8-12-18(15,3)19;/h5-6,9,11,13,15H,4,7-8,10,12,19H2,1-3H3,(H,20,21);1H. The molecule has 1 saturated carbocycles. The lowest BCUT2D eigenvalue weighted by Gasteiger charge is -2.37. The van der Waals surface area contributed by atoms with Crippen molar-refractivity contribution in [3.05, 3.63) is 29.8 Å². The molecule has 0 bridgehead atoms. The number of benzene rings is 1. The molecule has 1 aromatic rings. The number of nitrogens with two attached hydrogens (primary N) is 1. The maximum Gasteiger partial charge on any atom is 0.225 e. The Labute approximate surface area is 145 Å². The molecule has 23 heavy (non-hydrogen) atoms. The monoisotopic (exact) mass is 340 g/mol. The largest absolute Gasteiger partial charge is 0.494 e. The number of hydrogen-bond donors (Lipinski definition) is 2. The van der Waals surface area contributed by atoms with Crippen molar-refractivity contribution >= 4 is 18.3 Å². The molecular formula is C18H29ClN2O2. The van der Waals surface area contributed by atoms with Crippen LogP contribution in [0.2, 0.25) is 0 Å². The summed E-state index contributed by atoms with van der Waals surface area (Å²) in [6.07, 6.45) is 3.97. The van der Waals surface area contributed by atoms with Gasteiger partial charge in [0, 0.05) is 11.1 Å². The van der Waals surface area contributed by atoms with Crippen LogP contribution < -0.4 is 15.8 Å². The van der Waals surface area contributed by atoms with Crippen LogP contribution in [0.1, 0.15) is 58.1 Å². The molecule has 5 heteroatoms. The predicted molar refractivity (Wildman–Crippen MR) is 96.0 cm³/mol. The fourth-order valence-corrected chi connectivity index (χ4v) is 3.31. The van der Waals surface area contributed by atoms with E-state index >= 15 is 0 Å². The highest BCUT2D eigenvalue weighted by atomic mass is 35.5. The highest BCUT2D eigenvalue weighted by Crippen LogP contribution is 2.33. The summed E-state index contributed by atoms with van der Waals surface area (Å²) in [4.78, 5) is 12.6. The molecule has 1 amide bonds. The highest BCUT2D eigenvalue weighted by Gasteiger charge is 2.38. The summed E-state index contributed by atoms with van der Waals surface area (Å²) in [6.45, 7) is 6.56. The topological polar surface area (TPSA) is 64.3 Å². The van der Waals surface area contributed by atoms with Gasteiger partial charge in [-0.05, 0) is 39.7 Å². The molecular weight excluding hydrogens is 312 g/mol. The first-order valence-corrected chi connectivity index (χ1v) is 8.26. The molecule has 0 saturated heterocycles. The second-order valence-corrected chi connectivity index (χ2v) is 6.51. The van der Waals surface area contributed by atoms with Gasteiger partial charge in [0.15, 0.2) is 0 Å².